The van der Waals surface area contributed by atoms with Crippen molar-refractivity contribution in [3.63, 3.8) is 0 Å². The van der Waals surface area contributed by atoms with Crippen LogP contribution in [0, 0.1) is 11.8 Å². The number of rotatable bonds is 3. The van der Waals surface area contributed by atoms with Gasteiger partial charge >= 0.3 is 0 Å². The van der Waals surface area contributed by atoms with E-state index in [0.29, 0.717) is 5.91 Å². The van der Waals surface area contributed by atoms with Crippen LogP contribution in [0.2, 0.25) is 0 Å². The zero-order valence-electron chi connectivity index (χ0n) is 10.8. The normalized spacial score (nSPS) is 26.2. The second kappa shape index (κ2) is 6.20. The summed E-state index contributed by atoms with van der Waals surface area (Å²) < 4.78 is 0. The van der Waals surface area contributed by atoms with E-state index in [1.54, 1.807) is 0 Å². The van der Waals surface area contributed by atoms with Gasteiger partial charge in [0.1, 0.15) is 0 Å². The fourth-order valence-corrected chi connectivity index (χ4v) is 2.92. The summed E-state index contributed by atoms with van der Waals surface area (Å²) in [5, 5.41) is 3.23. The molecule has 1 heterocycles. The van der Waals surface area contributed by atoms with Gasteiger partial charge in [-0.25, -0.2) is 0 Å². The first kappa shape index (κ1) is 12.6. The number of hydrogen-bond acceptors (Lipinski definition) is 2. The van der Waals surface area contributed by atoms with E-state index in [1.165, 1.54) is 0 Å². The Morgan fingerprint density at radius 1 is 1.29 bits per heavy atom. The minimum Gasteiger partial charge on any atom is -0.342 e. The van der Waals surface area contributed by atoms with Gasteiger partial charge in [0.15, 0.2) is 0 Å². The fraction of sp³-hybridized carbons (Fsp3) is 0.786. The van der Waals surface area contributed by atoms with Crippen molar-refractivity contribution in [1.82, 2.24) is 10.2 Å². The summed E-state index contributed by atoms with van der Waals surface area (Å²) in [5.74, 6) is 1.42. The van der Waals surface area contributed by atoms with Gasteiger partial charge < -0.3 is 10.2 Å². The smallest absolute Gasteiger partial charge is 0.226 e. The van der Waals surface area contributed by atoms with Gasteiger partial charge in [-0.3, -0.25) is 4.79 Å². The van der Waals surface area contributed by atoms with Crippen molar-refractivity contribution in [2.75, 3.05) is 26.7 Å². The Labute approximate surface area is 104 Å². The van der Waals surface area contributed by atoms with Crippen molar-refractivity contribution in [2.24, 2.45) is 11.8 Å². The Kier molecular flexibility index (Phi) is 4.60. The highest BCUT2D eigenvalue weighted by atomic mass is 16.2. The van der Waals surface area contributed by atoms with Gasteiger partial charge in [-0.05, 0) is 51.6 Å². The summed E-state index contributed by atoms with van der Waals surface area (Å²) in [4.78, 5) is 14.4. The number of carbonyl (C=O) groups excluding carboxylic acids is 1. The van der Waals surface area contributed by atoms with Crippen molar-refractivity contribution in [3.05, 3.63) is 12.2 Å². The number of allylic oxidation sites excluding steroid dienone is 2. The first-order chi connectivity index (χ1) is 8.31. The number of amides is 1. The number of piperidine rings is 1. The highest BCUT2D eigenvalue weighted by molar-refractivity contribution is 5.79. The minimum atomic E-state index is 0.265. The maximum absolute atomic E-state index is 12.3. The van der Waals surface area contributed by atoms with E-state index < -0.39 is 0 Å². The monoisotopic (exact) mass is 236 g/mol. The SMILES string of the molecule is CNCC1CCN(C(=O)C2CC=CCC2)CC1. The average Bonchev–Trinajstić information content (AvgIpc) is 2.40. The van der Waals surface area contributed by atoms with E-state index in [1.807, 2.05) is 7.05 Å². The quantitative estimate of drug-likeness (QED) is 0.758. The first-order valence-electron chi connectivity index (χ1n) is 6.89. The molecule has 3 heteroatoms. The number of carbonyl (C=O) groups is 1. The third-order valence-electron chi connectivity index (χ3n) is 4.04. The molecule has 1 fully saturated rings. The summed E-state index contributed by atoms with van der Waals surface area (Å²) in [5.41, 5.74) is 0. The maximum atomic E-state index is 12.3. The van der Waals surface area contributed by atoms with Crippen LogP contribution >= 0.6 is 0 Å². The van der Waals surface area contributed by atoms with Gasteiger partial charge in [0.05, 0.1) is 0 Å². The molecule has 0 radical (unpaired) electrons. The van der Waals surface area contributed by atoms with Gasteiger partial charge in [0, 0.05) is 19.0 Å². The molecule has 2 aliphatic rings. The number of nitrogens with zero attached hydrogens (tertiary/aromatic N) is 1. The van der Waals surface area contributed by atoms with Gasteiger partial charge in [-0.15, -0.1) is 0 Å². The molecule has 0 aromatic carbocycles. The second-order valence-electron chi connectivity index (χ2n) is 5.31. The highest BCUT2D eigenvalue weighted by Crippen LogP contribution is 2.24. The van der Waals surface area contributed by atoms with Crippen LogP contribution in [-0.2, 0) is 4.79 Å². The van der Waals surface area contributed by atoms with Gasteiger partial charge in [0.2, 0.25) is 5.91 Å². The van der Waals surface area contributed by atoms with Crippen LogP contribution in [0.25, 0.3) is 0 Å². The lowest BCUT2D eigenvalue weighted by Gasteiger charge is -2.34. The zero-order chi connectivity index (χ0) is 12.1. The van der Waals surface area contributed by atoms with E-state index >= 15 is 0 Å². The molecule has 1 unspecified atom stereocenters. The molecule has 1 aliphatic heterocycles. The lowest BCUT2D eigenvalue weighted by atomic mass is 9.91. The van der Waals surface area contributed by atoms with E-state index in [2.05, 4.69) is 22.4 Å². The number of hydrogen-bond donors (Lipinski definition) is 1. The summed E-state index contributed by atoms with van der Waals surface area (Å²) in [6.45, 7) is 3.02. The van der Waals surface area contributed by atoms with Gasteiger partial charge in [-0.2, -0.15) is 0 Å². The van der Waals surface area contributed by atoms with Crippen molar-refractivity contribution in [2.45, 2.75) is 32.1 Å². The molecule has 0 saturated carbocycles. The van der Waals surface area contributed by atoms with Crippen LogP contribution in [0.15, 0.2) is 12.2 Å². The van der Waals surface area contributed by atoms with Gasteiger partial charge in [0.25, 0.3) is 0 Å². The Morgan fingerprint density at radius 3 is 2.65 bits per heavy atom. The second-order valence-corrected chi connectivity index (χ2v) is 5.31. The number of likely N-dealkylation sites (tertiary alicyclic amines) is 1. The third kappa shape index (κ3) is 3.32. The fourth-order valence-electron chi connectivity index (χ4n) is 2.92. The molecule has 2 rings (SSSR count). The largest absolute Gasteiger partial charge is 0.342 e. The van der Waals surface area contributed by atoms with Crippen LogP contribution in [0.3, 0.4) is 0 Å². The van der Waals surface area contributed by atoms with Crippen molar-refractivity contribution in [3.8, 4) is 0 Å². The van der Waals surface area contributed by atoms with Crippen LogP contribution in [0.4, 0.5) is 0 Å². The van der Waals surface area contributed by atoms with Crippen molar-refractivity contribution in [1.29, 1.82) is 0 Å². The molecule has 1 N–H and O–H groups in total. The Bertz CT molecular complexity index is 280. The molecule has 1 saturated heterocycles. The molecule has 3 nitrogen and oxygen atoms in total. The molecule has 1 atom stereocenters. The van der Waals surface area contributed by atoms with Crippen LogP contribution in [-0.4, -0.2) is 37.5 Å². The van der Waals surface area contributed by atoms with E-state index in [0.717, 1.165) is 57.7 Å². The first-order valence-corrected chi connectivity index (χ1v) is 6.89. The predicted octanol–water partition coefficient (Wildman–Crippen LogP) is 1.80. The molecule has 0 spiro atoms. The molecule has 96 valence electrons. The van der Waals surface area contributed by atoms with E-state index in [-0.39, 0.29) is 5.92 Å². The van der Waals surface area contributed by atoms with Gasteiger partial charge in [-0.1, -0.05) is 12.2 Å². The Hall–Kier alpha value is -0.830. The summed E-state index contributed by atoms with van der Waals surface area (Å²) in [6.07, 6.45) is 9.76. The molecule has 0 aromatic rings. The highest BCUT2D eigenvalue weighted by Gasteiger charge is 2.27. The van der Waals surface area contributed by atoms with Crippen LogP contribution < -0.4 is 5.32 Å². The van der Waals surface area contributed by atoms with Crippen molar-refractivity contribution >= 4 is 5.91 Å². The summed E-state index contributed by atoms with van der Waals surface area (Å²) in [6, 6.07) is 0. The summed E-state index contributed by atoms with van der Waals surface area (Å²) >= 11 is 0. The molecule has 17 heavy (non-hydrogen) atoms. The standard InChI is InChI=1S/C14H24N2O/c1-15-11-12-7-9-16(10-8-12)14(17)13-5-3-2-4-6-13/h2-3,12-13,15H,4-11H2,1H3. The molecule has 1 amide bonds. The lowest BCUT2D eigenvalue weighted by Crippen LogP contribution is -2.43. The van der Waals surface area contributed by atoms with Crippen molar-refractivity contribution < 1.29 is 4.79 Å². The Morgan fingerprint density at radius 2 is 2.06 bits per heavy atom. The topological polar surface area (TPSA) is 32.3 Å². The lowest BCUT2D eigenvalue weighted by molar-refractivity contribution is -0.137. The van der Waals surface area contributed by atoms with E-state index in [9.17, 15) is 4.79 Å². The molecular weight excluding hydrogens is 212 g/mol. The zero-order valence-corrected chi connectivity index (χ0v) is 10.8. The molecule has 0 aromatic heterocycles. The predicted molar refractivity (Wildman–Crippen MR) is 69.7 cm³/mol. The Balaban J connectivity index is 1.79. The number of nitrogens with one attached hydrogen (secondary N) is 1. The van der Waals surface area contributed by atoms with E-state index in [4.69, 9.17) is 0 Å². The molecular formula is C14H24N2O. The van der Waals surface area contributed by atoms with Crippen LogP contribution in [0.5, 0.6) is 0 Å². The maximum Gasteiger partial charge on any atom is 0.226 e. The third-order valence-corrected chi connectivity index (χ3v) is 4.04. The van der Waals surface area contributed by atoms with Crippen LogP contribution in [0.1, 0.15) is 32.1 Å². The minimum absolute atomic E-state index is 0.265. The summed E-state index contributed by atoms with van der Waals surface area (Å²) in [7, 11) is 2.01. The average molecular weight is 236 g/mol. The molecule has 1 aliphatic carbocycles. The molecule has 0 bridgehead atoms.